The Morgan fingerprint density at radius 1 is 1.33 bits per heavy atom. The van der Waals surface area contributed by atoms with Gasteiger partial charge in [0.2, 0.25) is 0 Å². The SMILES string of the molecule is CC(C)(CCO)NC(=O)N1CCCCC1. The topological polar surface area (TPSA) is 52.6 Å². The van der Waals surface area contributed by atoms with Gasteiger partial charge in [0, 0.05) is 25.2 Å². The van der Waals surface area contributed by atoms with Gasteiger partial charge in [-0.05, 0) is 39.5 Å². The van der Waals surface area contributed by atoms with Gasteiger partial charge in [-0.1, -0.05) is 0 Å². The first-order valence-electron chi connectivity index (χ1n) is 5.73. The predicted molar refractivity (Wildman–Crippen MR) is 59.7 cm³/mol. The molecule has 1 fully saturated rings. The molecule has 1 aliphatic heterocycles. The van der Waals surface area contributed by atoms with E-state index in [1.165, 1.54) is 6.42 Å². The van der Waals surface area contributed by atoms with Crippen molar-refractivity contribution in [1.29, 1.82) is 0 Å². The van der Waals surface area contributed by atoms with E-state index in [1.807, 2.05) is 18.7 Å². The van der Waals surface area contributed by atoms with Crippen molar-refractivity contribution < 1.29 is 9.90 Å². The minimum absolute atomic E-state index is 0.00755. The Labute approximate surface area is 91.6 Å². The number of carbonyl (C=O) groups is 1. The molecule has 0 bridgehead atoms. The normalized spacial score (nSPS) is 17.7. The van der Waals surface area contributed by atoms with Crippen LogP contribution in [0.3, 0.4) is 0 Å². The fraction of sp³-hybridized carbons (Fsp3) is 0.909. The van der Waals surface area contributed by atoms with Gasteiger partial charge >= 0.3 is 6.03 Å². The molecule has 1 saturated heterocycles. The van der Waals surface area contributed by atoms with Gasteiger partial charge in [-0.25, -0.2) is 4.79 Å². The van der Waals surface area contributed by atoms with Gasteiger partial charge in [0.25, 0.3) is 0 Å². The number of aliphatic hydroxyl groups excluding tert-OH is 1. The number of rotatable bonds is 3. The second-order valence-electron chi connectivity index (χ2n) is 4.84. The summed E-state index contributed by atoms with van der Waals surface area (Å²) in [4.78, 5) is 13.7. The largest absolute Gasteiger partial charge is 0.396 e. The van der Waals surface area contributed by atoms with Crippen LogP contribution >= 0.6 is 0 Å². The lowest BCUT2D eigenvalue weighted by molar-refractivity contribution is 0.168. The first-order chi connectivity index (χ1) is 7.05. The lowest BCUT2D eigenvalue weighted by Gasteiger charge is -2.32. The number of aliphatic hydroxyl groups is 1. The van der Waals surface area contributed by atoms with Gasteiger partial charge in [-0.3, -0.25) is 0 Å². The van der Waals surface area contributed by atoms with Crippen molar-refractivity contribution in [1.82, 2.24) is 10.2 Å². The number of amides is 2. The van der Waals surface area contributed by atoms with Crippen LogP contribution in [0.4, 0.5) is 4.79 Å². The maximum atomic E-state index is 11.8. The summed E-state index contributed by atoms with van der Waals surface area (Å²) >= 11 is 0. The van der Waals surface area contributed by atoms with E-state index in [2.05, 4.69) is 5.32 Å². The van der Waals surface area contributed by atoms with Crippen LogP contribution in [0.1, 0.15) is 39.5 Å². The van der Waals surface area contributed by atoms with Crippen LogP contribution < -0.4 is 5.32 Å². The Bertz CT molecular complexity index is 211. The van der Waals surface area contributed by atoms with E-state index in [1.54, 1.807) is 0 Å². The van der Waals surface area contributed by atoms with E-state index in [4.69, 9.17) is 5.11 Å². The number of piperidine rings is 1. The zero-order chi connectivity index (χ0) is 11.3. The van der Waals surface area contributed by atoms with Gasteiger partial charge in [-0.2, -0.15) is 0 Å². The second-order valence-corrected chi connectivity index (χ2v) is 4.84. The first kappa shape index (κ1) is 12.3. The summed E-state index contributed by atoms with van der Waals surface area (Å²) < 4.78 is 0. The summed E-state index contributed by atoms with van der Waals surface area (Å²) in [7, 11) is 0. The van der Waals surface area contributed by atoms with Gasteiger partial charge < -0.3 is 15.3 Å². The number of nitrogens with one attached hydrogen (secondary N) is 1. The van der Waals surface area contributed by atoms with Crippen molar-refractivity contribution in [2.24, 2.45) is 0 Å². The third-order valence-electron chi connectivity index (χ3n) is 2.83. The highest BCUT2D eigenvalue weighted by Gasteiger charge is 2.23. The zero-order valence-electron chi connectivity index (χ0n) is 9.75. The number of hydrogen-bond donors (Lipinski definition) is 2. The van der Waals surface area contributed by atoms with E-state index >= 15 is 0 Å². The average Bonchev–Trinajstić information content (AvgIpc) is 2.18. The van der Waals surface area contributed by atoms with Crippen molar-refractivity contribution in [3.05, 3.63) is 0 Å². The molecular formula is C11H22N2O2. The molecule has 2 amide bonds. The Kier molecular flexibility index (Phi) is 4.39. The van der Waals surface area contributed by atoms with Crippen LogP contribution in [0.15, 0.2) is 0 Å². The molecule has 4 heteroatoms. The average molecular weight is 214 g/mol. The third kappa shape index (κ3) is 4.08. The third-order valence-corrected chi connectivity index (χ3v) is 2.83. The van der Waals surface area contributed by atoms with E-state index in [-0.39, 0.29) is 18.2 Å². The molecule has 2 N–H and O–H groups in total. The van der Waals surface area contributed by atoms with Crippen LogP contribution in [0.25, 0.3) is 0 Å². The highest BCUT2D eigenvalue weighted by atomic mass is 16.3. The predicted octanol–water partition coefficient (Wildman–Crippen LogP) is 1.34. The number of carbonyl (C=O) groups excluding carboxylic acids is 1. The molecule has 15 heavy (non-hydrogen) atoms. The summed E-state index contributed by atoms with van der Waals surface area (Å²) in [6.45, 7) is 5.70. The van der Waals surface area contributed by atoms with Crippen LogP contribution in [-0.2, 0) is 0 Å². The maximum absolute atomic E-state index is 11.8. The quantitative estimate of drug-likeness (QED) is 0.745. The summed E-state index contributed by atoms with van der Waals surface area (Å²) in [5.74, 6) is 0. The molecule has 0 atom stereocenters. The molecule has 88 valence electrons. The molecule has 0 saturated carbocycles. The molecule has 0 aromatic heterocycles. The lowest BCUT2D eigenvalue weighted by atomic mass is 10.0. The van der Waals surface area contributed by atoms with Gasteiger partial charge in [-0.15, -0.1) is 0 Å². The van der Waals surface area contributed by atoms with E-state index in [0.717, 1.165) is 25.9 Å². The molecule has 0 unspecified atom stereocenters. The molecule has 0 radical (unpaired) electrons. The number of nitrogens with zero attached hydrogens (tertiary/aromatic N) is 1. The van der Waals surface area contributed by atoms with Crippen LogP contribution in [0, 0.1) is 0 Å². The maximum Gasteiger partial charge on any atom is 0.317 e. The molecule has 1 aliphatic rings. The van der Waals surface area contributed by atoms with Crippen molar-refractivity contribution >= 4 is 6.03 Å². The minimum atomic E-state index is -0.316. The number of likely N-dealkylation sites (tertiary alicyclic amines) is 1. The summed E-state index contributed by atoms with van der Waals surface area (Å²) in [5.41, 5.74) is -0.316. The molecule has 0 aromatic rings. The van der Waals surface area contributed by atoms with Crippen LogP contribution in [0.2, 0.25) is 0 Å². The van der Waals surface area contributed by atoms with Crippen LogP contribution in [0.5, 0.6) is 0 Å². The summed E-state index contributed by atoms with van der Waals surface area (Å²) in [6.07, 6.45) is 4.03. The molecule has 0 spiro atoms. The Morgan fingerprint density at radius 2 is 1.93 bits per heavy atom. The number of urea groups is 1. The standard InChI is InChI=1S/C11H22N2O2/c1-11(2,6-9-14)12-10(15)13-7-4-3-5-8-13/h14H,3-9H2,1-2H3,(H,12,15). The highest BCUT2D eigenvalue weighted by Crippen LogP contribution is 2.12. The Balaban J connectivity index is 2.39. The fourth-order valence-corrected chi connectivity index (χ4v) is 1.81. The first-order valence-corrected chi connectivity index (χ1v) is 5.73. The van der Waals surface area contributed by atoms with E-state index < -0.39 is 0 Å². The van der Waals surface area contributed by atoms with E-state index in [9.17, 15) is 4.79 Å². The van der Waals surface area contributed by atoms with Crippen molar-refractivity contribution in [2.75, 3.05) is 19.7 Å². The minimum Gasteiger partial charge on any atom is -0.396 e. The molecule has 1 rings (SSSR count). The van der Waals surface area contributed by atoms with Gasteiger partial charge in [0.15, 0.2) is 0 Å². The number of hydrogen-bond acceptors (Lipinski definition) is 2. The van der Waals surface area contributed by atoms with Crippen molar-refractivity contribution in [2.45, 2.75) is 45.1 Å². The molecule has 0 aliphatic carbocycles. The van der Waals surface area contributed by atoms with Crippen molar-refractivity contribution in [3.63, 3.8) is 0 Å². The summed E-state index contributed by atoms with van der Waals surface area (Å²) in [5, 5.41) is 11.8. The van der Waals surface area contributed by atoms with Crippen molar-refractivity contribution in [3.8, 4) is 0 Å². The second kappa shape index (κ2) is 5.35. The van der Waals surface area contributed by atoms with E-state index in [0.29, 0.717) is 6.42 Å². The highest BCUT2D eigenvalue weighted by molar-refractivity contribution is 5.75. The van der Waals surface area contributed by atoms with Gasteiger partial charge in [0.05, 0.1) is 0 Å². The summed E-state index contributed by atoms with van der Waals surface area (Å²) in [6, 6.07) is 0.00755. The molecule has 0 aromatic carbocycles. The molecular weight excluding hydrogens is 192 g/mol. The Hall–Kier alpha value is -0.770. The smallest absolute Gasteiger partial charge is 0.317 e. The van der Waals surface area contributed by atoms with Crippen LogP contribution in [-0.4, -0.2) is 41.3 Å². The lowest BCUT2D eigenvalue weighted by Crippen LogP contribution is -2.51. The fourth-order valence-electron chi connectivity index (χ4n) is 1.81. The van der Waals surface area contributed by atoms with Gasteiger partial charge in [0.1, 0.15) is 0 Å². The monoisotopic (exact) mass is 214 g/mol. The zero-order valence-corrected chi connectivity index (χ0v) is 9.75. The Morgan fingerprint density at radius 3 is 2.47 bits per heavy atom. The molecule has 1 heterocycles. The molecule has 4 nitrogen and oxygen atoms in total.